The van der Waals surface area contributed by atoms with Gasteiger partial charge in [-0.2, -0.15) is 0 Å². The lowest BCUT2D eigenvalue weighted by molar-refractivity contribution is -0.147. The molecule has 114 valence electrons. The number of aryl methyl sites for hydroxylation is 2. The van der Waals surface area contributed by atoms with E-state index >= 15 is 0 Å². The topological polar surface area (TPSA) is 113 Å². The maximum Gasteiger partial charge on any atom is 0.326 e. The highest BCUT2D eigenvalue weighted by molar-refractivity contribution is 5.87. The molecule has 1 amide bonds. The first kappa shape index (κ1) is 16.5. The largest absolute Gasteiger partial charge is 0.483 e. The highest BCUT2D eigenvalue weighted by Crippen LogP contribution is 2.21. The average molecular weight is 295 g/mol. The average Bonchev–Trinajstić information content (AvgIpc) is 2.36. The monoisotopic (exact) mass is 295 g/mol. The van der Waals surface area contributed by atoms with Gasteiger partial charge in [0.2, 0.25) is 0 Å². The molecule has 0 spiro atoms. The summed E-state index contributed by atoms with van der Waals surface area (Å²) < 4.78 is 5.36. The lowest BCUT2D eigenvalue weighted by atomic mass is 10.1. The molecule has 1 aromatic carbocycles. The molecule has 1 rings (SSSR count). The Bertz CT molecular complexity index is 534. The molecule has 0 aliphatic rings. The minimum absolute atomic E-state index is 0.380. The lowest BCUT2D eigenvalue weighted by Gasteiger charge is -2.14. The number of nitrogens with one attached hydrogen (secondary N) is 1. The number of aliphatic carboxylic acids is 2. The fourth-order valence-electron chi connectivity index (χ4n) is 1.78. The Hall–Kier alpha value is -2.57. The molecular formula is C14H17NO6. The number of carboxylic acid groups (broad SMARTS) is 2. The summed E-state index contributed by atoms with van der Waals surface area (Å²) in [5.74, 6) is -2.85. The van der Waals surface area contributed by atoms with E-state index in [9.17, 15) is 14.4 Å². The van der Waals surface area contributed by atoms with Gasteiger partial charge in [0.1, 0.15) is 11.8 Å². The molecule has 0 heterocycles. The predicted molar refractivity (Wildman–Crippen MR) is 73.2 cm³/mol. The van der Waals surface area contributed by atoms with Crippen LogP contribution in [0.25, 0.3) is 0 Å². The minimum Gasteiger partial charge on any atom is -0.483 e. The van der Waals surface area contributed by atoms with E-state index in [2.05, 4.69) is 5.32 Å². The van der Waals surface area contributed by atoms with Gasteiger partial charge in [0.25, 0.3) is 5.91 Å². The molecule has 0 fully saturated rings. The molecule has 0 unspecified atom stereocenters. The van der Waals surface area contributed by atoms with Gasteiger partial charge in [-0.05, 0) is 25.0 Å². The van der Waals surface area contributed by atoms with Gasteiger partial charge < -0.3 is 20.3 Å². The van der Waals surface area contributed by atoms with Gasteiger partial charge in [0, 0.05) is 0 Å². The quantitative estimate of drug-likeness (QED) is 0.683. The van der Waals surface area contributed by atoms with Crippen molar-refractivity contribution in [3.63, 3.8) is 0 Å². The summed E-state index contributed by atoms with van der Waals surface area (Å²) in [6.45, 7) is 3.27. The summed E-state index contributed by atoms with van der Waals surface area (Å²) in [5, 5.41) is 19.5. The smallest absolute Gasteiger partial charge is 0.326 e. The van der Waals surface area contributed by atoms with Gasteiger partial charge in [0.15, 0.2) is 6.61 Å². The summed E-state index contributed by atoms with van der Waals surface area (Å²) in [7, 11) is 0. The number of rotatable bonds is 7. The maximum absolute atomic E-state index is 11.6. The molecule has 0 aliphatic carbocycles. The Kier molecular flexibility index (Phi) is 5.71. The van der Waals surface area contributed by atoms with Crippen LogP contribution in [0.5, 0.6) is 5.75 Å². The van der Waals surface area contributed by atoms with Crippen molar-refractivity contribution < 1.29 is 29.3 Å². The van der Waals surface area contributed by atoms with Gasteiger partial charge in [0.05, 0.1) is 6.42 Å². The standard InChI is InChI=1S/C14H17NO6/c1-8-4-3-5-9(2)13(8)21-7-11(16)15-10(14(19)20)6-12(17)18/h3-5,10H,6-7H2,1-2H3,(H,15,16)(H,17,18)(H,19,20)/t10-/m0/s1. The number of hydrogen-bond acceptors (Lipinski definition) is 4. The highest BCUT2D eigenvalue weighted by Gasteiger charge is 2.23. The fraction of sp³-hybridized carbons (Fsp3) is 0.357. The van der Waals surface area contributed by atoms with Crippen molar-refractivity contribution >= 4 is 17.8 Å². The Morgan fingerprint density at radius 2 is 1.76 bits per heavy atom. The molecule has 1 atom stereocenters. The van der Waals surface area contributed by atoms with Crippen molar-refractivity contribution in [3.05, 3.63) is 29.3 Å². The molecule has 0 saturated carbocycles. The van der Waals surface area contributed by atoms with Gasteiger partial charge >= 0.3 is 11.9 Å². The zero-order valence-corrected chi connectivity index (χ0v) is 11.8. The molecule has 7 heteroatoms. The lowest BCUT2D eigenvalue weighted by Crippen LogP contribution is -2.44. The van der Waals surface area contributed by atoms with E-state index in [0.717, 1.165) is 11.1 Å². The summed E-state index contributed by atoms with van der Waals surface area (Å²) in [5.41, 5.74) is 1.70. The molecule has 0 saturated heterocycles. The zero-order chi connectivity index (χ0) is 16.0. The van der Waals surface area contributed by atoms with Gasteiger partial charge in [-0.3, -0.25) is 9.59 Å². The Labute approximate surface area is 121 Å². The predicted octanol–water partition coefficient (Wildman–Crippen LogP) is 0.726. The van der Waals surface area contributed by atoms with Crippen LogP contribution in [0.3, 0.4) is 0 Å². The van der Waals surface area contributed by atoms with Crippen LogP contribution in [-0.2, 0) is 14.4 Å². The van der Waals surface area contributed by atoms with Crippen LogP contribution in [0.2, 0.25) is 0 Å². The van der Waals surface area contributed by atoms with E-state index in [1.54, 1.807) is 0 Å². The molecule has 21 heavy (non-hydrogen) atoms. The Morgan fingerprint density at radius 1 is 1.19 bits per heavy atom. The van der Waals surface area contributed by atoms with Crippen LogP contribution in [0, 0.1) is 13.8 Å². The minimum atomic E-state index is -1.48. The van der Waals surface area contributed by atoms with E-state index in [-0.39, 0.29) is 6.61 Å². The molecule has 0 aromatic heterocycles. The normalized spacial score (nSPS) is 11.5. The third-order valence-corrected chi connectivity index (χ3v) is 2.77. The second-order valence-corrected chi connectivity index (χ2v) is 4.57. The molecule has 0 radical (unpaired) electrons. The van der Waals surface area contributed by atoms with Crippen LogP contribution in [-0.4, -0.2) is 40.7 Å². The van der Waals surface area contributed by atoms with Gasteiger partial charge in [-0.15, -0.1) is 0 Å². The van der Waals surface area contributed by atoms with E-state index in [1.807, 2.05) is 32.0 Å². The van der Waals surface area contributed by atoms with Crippen molar-refractivity contribution in [1.82, 2.24) is 5.32 Å². The zero-order valence-electron chi connectivity index (χ0n) is 11.8. The highest BCUT2D eigenvalue weighted by atomic mass is 16.5. The summed E-state index contributed by atoms with van der Waals surface area (Å²) in [6, 6.07) is 4.02. The Balaban J connectivity index is 2.61. The number of amides is 1. The second-order valence-electron chi connectivity index (χ2n) is 4.57. The van der Waals surface area contributed by atoms with Crippen molar-refractivity contribution in [2.45, 2.75) is 26.3 Å². The van der Waals surface area contributed by atoms with E-state index in [4.69, 9.17) is 14.9 Å². The fourth-order valence-corrected chi connectivity index (χ4v) is 1.78. The van der Waals surface area contributed by atoms with Crippen LogP contribution < -0.4 is 10.1 Å². The number of carboxylic acids is 2. The number of ether oxygens (including phenoxy) is 1. The van der Waals surface area contributed by atoms with Crippen molar-refractivity contribution in [2.24, 2.45) is 0 Å². The number of benzene rings is 1. The maximum atomic E-state index is 11.6. The second kappa shape index (κ2) is 7.28. The SMILES string of the molecule is Cc1cccc(C)c1OCC(=O)N[C@@H](CC(=O)O)C(=O)O. The number of carbonyl (C=O) groups is 3. The van der Waals surface area contributed by atoms with Crippen LogP contribution in [0.4, 0.5) is 0 Å². The molecule has 0 bridgehead atoms. The first-order valence-corrected chi connectivity index (χ1v) is 6.24. The molecule has 7 nitrogen and oxygen atoms in total. The molecular weight excluding hydrogens is 278 g/mol. The van der Waals surface area contributed by atoms with Crippen LogP contribution >= 0.6 is 0 Å². The third kappa shape index (κ3) is 5.13. The van der Waals surface area contributed by atoms with Crippen molar-refractivity contribution in [3.8, 4) is 5.75 Å². The van der Waals surface area contributed by atoms with E-state index in [1.165, 1.54) is 0 Å². The molecule has 1 aromatic rings. The first-order valence-electron chi connectivity index (χ1n) is 6.24. The molecule has 3 N–H and O–H groups in total. The summed E-state index contributed by atoms with van der Waals surface area (Å²) in [6.07, 6.45) is -0.690. The van der Waals surface area contributed by atoms with E-state index in [0.29, 0.717) is 5.75 Å². The first-order chi connectivity index (χ1) is 9.81. The van der Waals surface area contributed by atoms with Crippen LogP contribution in [0.15, 0.2) is 18.2 Å². The number of carbonyl (C=O) groups excluding carboxylic acids is 1. The van der Waals surface area contributed by atoms with Gasteiger partial charge in [-0.25, -0.2) is 4.79 Å². The van der Waals surface area contributed by atoms with Gasteiger partial charge in [-0.1, -0.05) is 18.2 Å². The summed E-state index contributed by atoms with van der Waals surface area (Å²) in [4.78, 5) is 33.0. The van der Waals surface area contributed by atoms with Crippen LogP contribution in [0.1, 0.15) is 17.5 Å². The third-order valence-electron chi connectivity index (χ3n) is 2.77. The Morgan fingerprint density at radius 3 is 2.24 bits per heavy atom. The van der Waals surface area contributed by atoms with Crippen molar-refractivity contribution in [2.75, 3.05) is 6.61 Å². The number of para-hydroxylation sites is 1. The summed E-state index contributed by atoms with van der Waals surface area (Å²) >= 11 is 0. The number of hydrogen-bond donors (Lipinski definition) is 3. The van der Waals surface area contributed by atoms with Crippen molar-refractivity contribution in [1.29, 1.82) is 0 Å². The van der Waals surface area contributed by atoms with E-state index < -0.39 is 30.3 Å². The molecule has 0 aliphatic heterocycles.